The van der Waals surface area contributed by atoms with Gasteiger partial charge in [0.1, 0.15) is 0 Å². The van der Waals surface area contributed by atoms with E-state index in [0.717, 1.165) is 5.69 Å². The topological polar surface area (TPSA) is 101 Å². The van der Waals surface area contributed by atoms with Gasteiger partial charge in [0, 0.05) is 0 Å². The molecule has 0 saturated carbocycles. The van der Waals surface area contributed by atoms with Crippen molar-refractivity contribution in [3.05, 3.63) is 34.6 Å². The second-order valence-corrected chi connectivity index (χ2v) is 5.55. The fourth-order valence-corrected chi connectivity index (χ4v) is 2.31. The van der Waals surface area contributed by atoms with Crippen LogP contribution in [0.4, 0.5) is 5.95 Å². The van der Waals surface area contributed by atoms with Crippen molar-refractivity contribution in [1.82, 2.24) is 9.66 Å². The predicted octanol–water partition coefficient (Wildman–Crippen LogP) is 2.26. The summed E-state index contributed by atoms with van der Waals surface area (Å²) >= 11 is 6.26. The number of esters is 1. The second-order valence-electron chi connectivity index (χ2n) is 5.15. The highest BCUT2D eigenvalue weighted by Crippen LogP contribution is 2.36. The Morgan fingerprint density at radius 3 is 2.72 bits per heavy atom. The van der Waals surface area contributed by atoms with Crippen LogP contribution in [0.1, 0.15) is 18.2 Å². The molecule has 1 heterocycles. The molecule has 0 aliphatic heterocycles. The van der Waals surface area contributed by atoms with Crippen LogP contribution >= 0.6 is 11.6 Å². The van der Waals surface area contributed by atoms with E-state index in [-0.39, 0.29) is 16.7 Å². The molecule has 0 aliphatic rings. The molecule has 0 radical (unpaired) electrons. The number of anilines is 1. The molecule has 8 nitrogen and oxygen atoms in total. The Morgan fingerprint density at radius 1 is 1.44 bits per heavy atom. The average molecular weight is 367 g/mol. The van der Waals surface area contributed by atoms with Crippen LogP contribution in [-0.4, -0.2) is 42.2 Å². The summed E-state index contributed by atoms with van der Waals surface area (Å²) in [7, 11) is 2.75. The molecule has 0 amide bonds. The van der Waals surface area contributed by atoms with E-state index in [9.17, 15) is 4.79 Å². The van der Waals surface area contributed by atoms with Crippen LogP contribution in [0.5, 0.6) is 11.5 Å². The van der Waals surface area contributed by atoms with Crippen LogP contribution in [0.3, 0.4) is 0 Å². The van der Waals surface area contributed by atoms with E-state index >= 15 is 0 Å². The first-order valence-corrected chi connectivity index (χ1v) is 7.71. The molecule has 0 spiro atoms. The molecule has 1 aromatic heterocycles. The fourth-order valence-electron chi connectivity index (χ4n) is 2.04. The maximum atomic E-state index is 11.5. The van der Waals surface area contributed by atoms with Gasteiger partial charge in [-0.2, -0.15) is 5.10 Å². The number of nitrogens with zero attached hydrogens (tertiary/aromatic N) is 3. The average Bonchev–Trinajstić information content (AvgIpc) is 2.91. The van der Waals surface area contributed by atoms with Crippen LogP contribution < -0.4 is 15.2 Å². The fraction of sp³-hybridized carbons (Fsp3) is 0.312. The molecule has 9 heteroatoms. The Balaban J connectivity index is 2.29. The van der Waals surface area contributed by atoms with Crippen LogP contribution in [0.25, 0.3) is 0 Å². The van der Waals surface area contributed by atoms with Gasteiger partial charge in [0.15, 0.2) is 17.6 Å². The molecule has 2 N–H and O–H groups in total. The highest BCUT2D eigenvalue weighted by molar-refractivity contribution is 6.32. The highest BCUT2D eigenvalue weighted by atomic mass is 35.5. The molecular weight excluding hydrogens is 348 g/mol. The number of rotatable bonds is 6. The largest absolute Gasteiger partial charge is 0.493 e. The Kier molecular flexibility index (Phi) is 5.87. The number of halogens is 1. The van der Waals surface area contributed by atoms with Gasteiger partial charge < -0.3 is 19.9 Å². The summed E-state index contributed by atoms with van der Waals surface area (Å²) < 4.78 is 16.9. The number of carbonyl (C=O) groups excluding carboxylic acids is 1. The van der Waals surface area contributed by atoms with Gasteiger partial charge in [-0.15, -0.1) is 0 Å². The van der Waals surface area contributed by atoms with E-state index < -0.39 is 12.1 Å². The van der Waals surface area contributed by atoms with Crippen molar-refractivity contribution in [2.75, 3.05) is 20.0 Å². The van der Waals surface area contributed by atoms with Crippen LogP contribution in [0.2, 0.25) is 5.02 Å². The van der Waals surface area contributed by atoms with Gasteiger partial charge in [-0.05, 0) is 31.5 Å². The molecule has 0 bridgehead atoms. The molecule has 2 rings (SSSR count). The number of imidazole rings is 1. The lowest BCUT2D eigenvalue weighted by Crippen LogP contribution is -2.25. The first-order chi connectivity index (χ1) is 11.8. The van der Waals surface area contributed by atoms with Crippen molar-refractivity contribution >= 4 is 29.7 Å². The van der Waals surface area contributed by atoms with Crippen molar-refractivity contribution in [1.29, 1.82) is 0 Å². The second kappa shape index (κ2) is 7.89. The van der Waals surface area contributed by atoms with Gasteiger partial charge in [-0.1, -0.05) is 11.6 Å². The van der Waals surface area contributed by atoms with E-state index in [1.54, 1.807) is 31.5 Å². The summed E-state index contributed by atoms with van der Waals surface area (Å²) in [6.07, 6.45) is 2.42. The van der Waals surface area contributed by atoms with E-state index in [0.29, 0.717) is 11.3 Å². The van der Waals surface area contributed by atoms with Gasteiger partial charge >= 0.3 is 5.97 Å². The minimum Gasteiger partial charge on any atom is -0.493 e. The van der Waals surface area contributed by atoms with Crippen LogP contribution in [0, 0.1) is 6.92 Å². The van der Waals surface area contributed by atoms with Gasteiger partial charge in [0.2, 0.25) is 5.95 Å². The highest BCUT2D eigenvalue weighted by Gasteiger charge is 2.20. The number of carbonyl (C=O) groups is 1. The van der Waals surface area contributed by atoms with E-state index in [1.165, 1.54) is 18.9 Å². The molecule has 2 aromatic rings. The van der Waals surface area contributed by atoms with E-state index in [4.69, 9.17) is 26.8 Å². The van der Waals surface area contributed by atoms with Gasteiger partial charge in [-0.25, -0.2) is 14.5 Å². The first-order valence-electron chi connectivity index (χ1n) is 7.33. The minimum absolute atomic E-state index is 0.247. The third kappa shape index (κ3) is 4.42. The zero-order chi connectivity index (χ0) is 18.6. The molecule has 1 unspecified atom stereocenters. The number of hydrogen-bond donors (Lipinski definition) is 1. The summed E-state index contributed by atoms with van der Waals surface area (Å²) in [5.41, 5.74) is 7.15. The number of ether oxygens (including phenoxy) is 3. The van der Waals surface area contributed by atoms with Crippen molar-refractivity contribution in [3.8, 4) is 11.5 Å². The number of benzene rings is 1. The van der Waals surface area contributed by atoms with Crippen LogP contribution in [0.15, 0.2) is 23.4 Å². The Morgan fingerprint density at radius 2 is 2.16 bits per heavy atom. The quantitative estimate of drug-likeness (QED) is 0.621. The SMILES string of the molecule is COC(=O)C(C)Oc1c(Cl)cc(C=Nn2cc(C)nc2N)cc1OC. The maximum Gasteiger partial charge on any atom is 0.346 e. The van der Waals surface area contributed by atoms with Gasteiger partial charge in [0.25, 0.3) is 0 Å². The van der Waals surface area contributed by atoms with Crippen molar-refractivity contribution < 1.29 is 19.0 Å². The number of aromatic nitrogens is 2. The van der Waals surface area contributed by atoms with E-state index in [2.05, 4.69) is 14.8 Å². The van der Waals surface area contributed by atoms with Crippen molar-refractivity contribution in [2.45, 2.75) is 20.0 Å². The van der Waals surface area contributed by atoms with Gasteiger partial charge in [-0.3, -0.25) is 0 Å². The molecule has 1 aromatic carbocycles. The summed E-state index contributed by atoms with van der Waals surface area (Å²) in [5, 5.41) is 4.49. The molecule has 0 saturated heterocycles. The maximum absolute atomic E-state index is 11.5. The minimum atomic E-state index is -0.829. The third-order valence-electron chi connectivity index (χ3n) is 3.25. The van der Waals surface area contributed by atoms with Gasteiger partial charge in [0.05, 0.1) is 37.3 Å². The smallest absolute Gasteiger partial charge is 0.346 e. The number of nitrogens with two attached hydrogens (primary N) is 1. The summed E-state index contributed by atoms with van der Waals surface area (Å²) in [6, 6.07) is 3.31. The zero-order valence-corrected chi connectivity index (χ0v) is 15.1. The predicted molar refractivity (Wildman–Crippen MR) is 94.5 cm³/mol. The lowest BCUT2D eigenvalue weighted by atomic mass is 10.2. The standard InChI is InChI=1S/C16H19ClN4O4/c1-9-8-21(16(18)20-9)19-7-11-5-12(17)14(13(6-11)23-3)25-10(2)15(22)24-4/h5-8,10H,1-4H3,(H2,18,20). The lowest BCUT2D eigenvalue weighted by Gasteiger charge is -2.16. The Hall–Kier alpha value is -2.74. The van der Waals surface area contributed by atoms with Crippen molar-refractivity contribution in [2.24, 2.45) is 5.10 Å². The number of nitrogen functional groups attached to an aromatic ring is 1. The zero-order valence-electron chi connectivity index (χ0n) is 14.3. The molecular formula is C16H19ClN4O4. The summed E-state index contributed by atoms with van der Waals surface area (Å²) in [4.78, 5) is 15.6. The number of aryl methyl sites for hydroxylation is 1. The molecule has 1 atom stereocenters. The molecule has 25 heavy (non-hydrogen) atoms. The molecule has 0 fully saturated rings. The first kappa shape index (κ1) is 18.6. The molecule has 0 aliphatic carbocycles. The molecule has 134 valence electrons. The number of methoxy groups -OCH3 is 2. The monoisotopic (exact) mass is 366 g/mol. The summed E-state index contributed by atoms with van der Waals surface area (Å²) in [5.74, 6) is 0.366. The normalized spacial score (nSPS) is 12.2. The van der Waals surface area contributed by atoms with Crippen LogP contribution in [-0.2, 0) is 9.53 Å². The summed E-state index contributed by atoms with van der Waals surface area (Å²) in [6.45, 7) is 3.37. The lowest BCUT2D eigenvalue weighted by molar-refractivity contribution is -0.147. The third-order valence-corrected chi connectivity index (χ3v) is 3.53. The Labute approximate surface area is 150 Å². The van der Waals surface area contributed by atoms with Crippen molar-refractivity contribution in [3.63, 3.8) is 0 Å². The Bertz CT molecular complexity index is 804. The van der Waals surface area contributed by atoms with E-state index in [1.807, 2.05) is 6.92 Å². The number of hydrogen-bond acceptors (Lipinski definition) is 7.